The van der Waals surface area contributed by atoms with Gasteiger partial charge in [-0.25, -0.2) is 0 Å². The van der Waals surface area contributed by atoms with Crippen molar-refractivity contribution in [2.45, 2.75) is 12.2 Å². The largest absolute Gasteiger partial charge is 0.497 e. The first-order chi connectivity index (χ1) is 7.40. The summed E-state index contributed by atoms with van der Waals surface area (Å²) >= 11 is 0. The van der Waals surface area contributed by atoms with E-state index < -0.39 is 24.4 Å². The molecule has 0 radical (unpaired) electrons. The molecule has 1 atom stereocenters. The Bertz CT molecular complexity index is 366. The third kappa shape index (κ3) is 2.65. The summed E-state index contributed by atoms with van der Waals surface area (Å²) in [6.07, 6.45) is -4.52. The Hall–Kier alpha value is -1.27. The van der Waals surface area contributed by atoms with Crippen LogP contribution in [0, 0.1) is 0 Å². The lowest BCUT2D eigenvalue weighted by Gasteiger charge is -2.17. The number of benzene rings is 1. The molecular formula is C10H12F3NO2. The van der Waals surface area contributed by atoms with Crippen molar-refractivity contribution >= 4 is 0 Å². The number of aliphatic hydroxyl groups excluding tert-OH is 1. The summed E-state index contributed by atoms with van der Waals surface area (Å²) in [6.45, 7) is -0.546. The van der Waals surface area contributed by atoms with Gasteiger partial charge >= 0.3 is 6.18 Å². The normalized spacial score (nSPS) is 13.6. The van der Waals surface area contributed by atoms with E-state index in [0.717, 1.165) is 6.07 Å². The van der Waals surface area contributed by atoms with Gasteiger partial charge in [0, 0.05) is 0 Å². The number of methoxy groups -OCH3 is 1. The van der Waals surface area contributed by atoms with E-state index in [0.29, 0.717) is 0 Å². The molecule has 3 nitrogen and oxygen atoms in total. The summed E-state index contributed by atoms with van der Waals surface area (Å²) in [7, 11) is 1.28. The summed E-state index contributed by atoms with van der Waals surface area (Å²) in [5.74, 6) is 0.0983. The van der Waals surface area contributed by atoms with Crippen LogP contribution in [0.5, 0.6) is 5.75 Å². The van der Waals surface area contributed by atoms with Gasteiger partial charge in [0.15, 0.2) is 0 Å². The molecular weight excluding hydrogens is 223 g/mol. The predicted octanol–water partition coefficient (Wildman–Crippen LogP) is 1.71. The lowest BCUT2D eigenvalue weighted by Crippen LogP contribution is -2.20. The maximum Gasteiger partial charge on any atom is 0.416 e. The fourth-order valence-corrected chi connectivity index (χ4v) is 1.33. The Labute approximate surface area is 90.6 Å². The first-order valence-electron chi connectivity index (χ1n) is 4.51. The molecule has 1 aromatic rings. The van der Waals surface area contributed by atoms with E-state index in [1.54, 1.807) is 0 Å². The quantitative estimate of drug-likeness (QED) is 0.838. The van der Waals surface area contributed by atoms with Crippen molar-refractivity contribution in [1.82, 2.24) is 0 Å². The first kappa shape index (κ1) is 12.8. The number of ether oxygens (including phenoxy) is 1. The third-order valence-corrected chi connectivity index (χ3v) is 2.16. The average Bonchev–Trinajstić information content (AvgIpc) is 2.26. The van der Waals surface area contributed by atoms with Crippen molar-refractivity contribution in [2.24, 2.45) is 5.73 Å². The second-order valence-corrected chi connectivity index (χ2v) is 3.24. The summed E-state index contributed by atoms with van der Waals surface area (Å²) in [4.78, 5) is 0. The summed E-state index contributed by atoms with van der Waals surface area (Å²) in [5, 5.41) is 8.78. The zero-order chi connectivity index (χ0) is 12.3. The van der Waals surface area contributed by atoms with E-state index in [9.17, 15) is 13.2 Å². The second-order valence-electron chi connectivity index (χ2n) is 3.24. The van der Waals surface area contributed by atoms with E-state index in [-0.39, 0.29) is 11.3 Å². The SMILES string of the molecule is COc1ccc([C@@H](N)CO)c(C(F)(F)F)c1. The third-order valence-electron chi connectivity index (χ3n) is 2.16. The predicted molar refractivity (Wildman–Crippen MR) is 52.0 cm³/mol. The van der Waals surface area contributed by atoms with Gasteiger partial charge in [-0.3, -0.25) is 0 Å². The van der Waals surface area contributed by atoms with Crippen molar-refractivity contribution in [2.75, 3.05) is 13.7 Å². The van der Waals surface area contributed by atoms with Gasteiger partial charge in [-0.1, -0.05) is 6.07 Å². The van der Waals surface area contributed by atoms with E-state index in [1.807, 2.05) is 0 Å². The monoisotopic (exact) mass is 235 g/mol. The number of aliphatic hydroxyl groups is 1. The molecule has 0 saturated carbocycles. The van der Waals surface area contributed by atoms with Crippen LogP contribution in [0.2, 0.25) is 0 Å². The van der Waals surface area contributed by atoms with Gasteiger partial charge in [-0.2, -0.15) is 13.2 Å². The highest BCUT2D eigenvalue weighted by Gasteiger charge is 2.35. The van der Waals surface area contributed by atoms with Crippen molar-refractivity contribution in [1.29, 1.82) is 0 Å². The standard InChI is InChI=1S/C10H12F3NO2/c1-16-6-2-3-7(9(14)5-15)8(4-6)10(11,12)13/h2-4,9,15H,5,14H2,1H3/t9-/m0/s1. The molecule has 16 heavy (non-hydrogen) atoms. The van der Waals surface area contributed by atoms with Gasteiger partial charge in [-0.15, -0.1) is 0 Å². The van der Waals surface area contributed by atoms with Crippen LogP contribution in [0.1, 0.15) is 17.2 Å². The highest BCUT2D eigenvalue weighted by Crippen LogP contribution is 2.36. The zero-order valence-electron chi connectivity index (χ0n) is 8.58. The van der Waals surface area contributed by atoms with E-state index in [1.165, 1.54) is 19.2 Å². The minimum Gasteiger partial charge on any atom is -0.497 e. The van der Waals surface area contributed by atoms with Gasteiger partial charge < -0.3 is 15.6 Å². The molecule has 0 heterocycles. The Morgan fingerprint density at radius 3 is 2.50 bits per heavy atom. The van der Waals surface area contributed by atoms with Gasteiger partial charge in [0.1, 0.15) is 5.75 Å². The Kier molecular flexibility index (Phi) is 3.77. The molecule has 0 aliphatic carbocycles. The van der Waals surface area contributed by atoms with Crippen molar-refractivity contribution < 1.29 is 23.0 Å². The Morgan fingerprint density at radius 1 is 1.44 bits per heavy atom. The van der Waals surface area contributed by atoms with Gasteiger partial charge in [0.2, 0.25) is 0 Å². The number of halogens is 3. The molecule has 0 aliphatic heterocycles. The number of rotatable bonds is 3. The minimum atomic E-state index is -4.52. The molecule has 0 aliphatic rings. The van der Waals surface area contributed by atoms with Crippen LogP contribution in [0.3, 0.4) is 0 Å². The van der Waals surface area contributed by atoms with Crippen LogP contribution in [0.4, 0.5) is 13.2 Å². The molecule has 0 saturated heterocycles. The molecule has 3 N–H and O–H groups in total. The van der Waals surface area contributed by atoms with Crippen molar-refractivity contribution in [3.63, 3.8) is 0 Å². The fraction of sp³-hybridized carbons (Fsp3) is 0.400. The highest BCUT2D eigenvalue weighted by atomic mass is 19.4. The fourth-order valence-electron chi connectivity index (χ4n) is 1.33. The van der Waals surface area contributed by atoms with Gasteiger partial charge in [0.25, 0.3) is 0 Å². The average molecular weight is 235 g/mol. The number of hydrogen-bond acceptors (Lipinski definition) is 3. The lowest BCUT2D eigenvalue weighted by molar-refractivity contribution is -0.138. The second kappa shape index (κ2) is 4.71. The van der Waals surface area contributed by atoms with Crippen LogP contribution in [0.15, 0.2) is 18.2 Å². The summed E-state index contributed by atoms with van der Waals surface area (Å²) in [6, 6.07) is 2.40. The topological polar surface area (TPSA) is 55.5 Å². The van der Waals surface area contributed by atoms with Crippen LogP contribution in [-0.2, 0) is 6.18 Å². The number of hydrogen-bond donors (Lipinski definition) is 2. The molecule has 0 aromatic heterocycles. The van der Waals surface area contributed by atoms with E-state index in [2.05, 4.69) is 0 Å². The Morgan fingerprint density at radius 2 is 2.06 bits per heavy atom. The van der Waals surface area contributed by atoms with Crippen LogP contribution in [0.25, 0.3) is 0 Å². The van der Waals surface area contributed by atoms with Crippen LogP contribution < -0.4 is 10.5 Å². The highest BCUT2D eigenvalue weighted by molar-refractivity contribution is 5.39. The molecule has 0 amide bonds. The van der Waals surface area contributed by atoms with Gasteiger partial charge in [-0.05, 0) is 17.7 Å². The molecule has 90 valence electrons. The van der Waals surface area contributed by atoms with Crippen LogP contribution >= 0.6 is 0 Å². The Balaban J connectivity index is 3.27. The van der Waals surface area contributed by atoms with Crippen molar-refractivity contribution in [3.8, 4) is 5.75 Å². The summed E-state index contributed by atoms with van der Waals surface area (Å²) in [5.41, 5.74) is 4.37. The number of nitrogens with two attached hydrogens (primary N) is 1. The van der Waals surface area contributed by atoms with Gasteiger partial charge in [0.05, 0.1) is 25.3 Å². The van der Waals surface area contributed by atoms with E-state index >= 15 is 0 Å². The first-order valence-corrected chi connectivity index (χ1v) is 4.51. The summed E-state index contributed by atoms with van der Waals surface area (Å²) < 4.78 is 42.7. The zero-order valence-corrected chi connectivity index (χ0v) is 8.58. The molecule has 0 unspecified atom stereocenters. The van der Waals surface area contributed by atoms with Crippen LogP contribution in [-0.4, -0.2) is 18.8 Å². The lowest BCUT2D eigenvalue weighted by atomic mass is 10.0. The molecule has 1 rings (SSSR count). The smallest absolute Gasteiger partial charge is 0.416 e. The number of alkyl halides is 3. The maximum absolute atomic E-state index is 12.7. The molecule has 0 bridgehead atoms. The molecule has 0 spiro atoms. The minimum absolute atomic E-state index is 0.0983. The van der Waals surface area contributed by atoms with Crippen molar-refractivity contribution in [3.05, 3.63) is 29.3 Å². The molecule has 6 heteroatoms. The van der Waals surface area contributed by atoms with E-state index in [4.69, 9.17) is 15.6 Å². The molecule has 1 aromatic carbocycles. The molecule has 0 fully saturated rings. The maximum atomic E-state index is 12.7.